The molecule has 0 radical (unpaired) electrons. The SMILES string of the molecule is CC(=NO)C(=O)C(F)(F)F. The summed E-state index contributed by atoms with van der Waals surface area (Å²) in [5, 5.41) is 9.84. The van der Waals surface area contributed by atoms with Gasteiger partial charge in [0, 0.05) is 0 Å². The van der Waals surface area contributed by atoms with Crippen molar-refractivity contribution in [2.24, 2.45) is 5.16 Å². The standard InChI is InChI=1S/C4H4F3NO2/c1-2(8-10)3(9)4(5,6)7/h10H,1H3. The Morgan fingerprint density at radius 2 is 1.90 bits per heavy atom. The van der Waals surface area contributed by atoms with Crippen LogP contribution < -0.4 is 0 Å². The Bertz CT molecular complexity index is 172. The minimum Gasteiger partial charge on any atom is -0.411 e. The third kappa shape index (κ3) is 2.04. The second-order valence-corrected chi connectivity index (χ2v) is 1.51. The molecule has 3 nitrogen and oxygen atoms in total. The molecule has 0 spiro atoms. The number of rotatable bonds is 1. The van der Waals surface area contributed by atoms with E-state index in [9.17, 15) is 18.0 Å². The molecule has 0 rings (SSSR count). The van der Waals surface area contributed by atoms with Crippen molar-refractivity contribution in [3.05, 3.63) is 0 Å². The number of hydrogen-bond donors (Lipinski definition) is 1. The largest absolute Gasteiger partial charge is 0.456 e. The number of carbonyl (C=O) groups excluding carboxylic acids is 1. The number of nitrogens with zero attached hydrogens (tertiary/aromatic N) is 1. The maximum absolute atomic E-state index is 11.3. The highest BCUT2D eigenvalue weighted by molar-refractivity contribution is 6.40. The summed E-state index contributed by atoms with van der Waals surface area (Å²) < 4.78 is 34.0. The molecule has 0 aliphatic heterocycles. The molecule has 0 saturated heterocycles. The molecule has 0 unspecified atom stereocenters. The first-order valence-corrected chi connectivity index (χ1v) is 2.19. The van der Waals surface area contributed by atoms with Crippen molar-refractivity contribution in [2.45, 2.75) is 13.1 Å². The summed E-state index contributed by atoms with van der Waals surface area (Å²) in [6, 6.07) is 0. The minimum absolute atomic E-state index is 0.774. The van der Waals surface area contributed by atoms with E-state index in [1.165, 1.54) is 0 Å². The van der Waals surface area contributed by atoms with Crippen LogP contribution in [0.5, 0.6) is 0 Å². The second-order valence-electron chi connectivity index (χ2n) is 1.51. The molecule has 0 saturated carbocycles. The van der Waals surface area contributed by atoms with E-state index in [2.05, 4.69) is 5.16 Å². The molecule has 0 aliphatic carbocycles. The quantitative estimate of drug-likeness (QED) is 0.348. The Hall–Kier alpha value is -1.07. The molecule has 0 aromatic carbocycles. The van der Waals surface area contributed by atoms with E-state index < -0.39 is 17.7 Å². The smallest absolute Gasteiger partial charge is 0.411 e. The van der Waals surface area contributed by atoms with Crippen LogP contribution in [0, 0.1) is 0 Å². The Kier molecular flexibility index (Phi) is 2.39. The van der Waals surface area contributed by atoms with E-state index >= 15 is 0 Å². The maximum atomic E-state index is 11.3. The van der Waals surface area contributed by atoms with Crippen molar-refractivity contribution < 1.29 is 23.2 Å². The van der Waals surface area contributed by atoms with Gasteiger partial charge in [0.25, 0.3) is 5.78 Å². The molecule has 6 heteroatoms. The van der Waals surface area contributed by atoms with Gasteiger partial charge in [-0.15, -0.1) is 0 Å². The number of Topliss-reactive ketones (excluding diaryl/α,β-unsaturated/α-hetero) is 1. The van der Waals surface area contributed by atoms with Crippen LogP contribution >= 0.6 is 0 Å². The normalized spacial score (nSPS) is 13.4. The fourth-order valence-electron chi connectivity index (χ4n) is 0.251. The summed E-state index contributed by atoms with van der Waals surface area (Å²) in [6.07, 6.45) is -4.95. The molecule has 10 heavy (non-hydrogen) atoms. The molecule has 0 fully saturated rings. The third-order valence-corrected chi connectivity index (χ3v) is 0.736. The van der Waals surface area contributed by atoms with E-state index in [1.807, 2.05) is 0 Å². The van der Waals surface area contributed by atoms with Gasteiger partial charge in [0.2, 0.25) is 0 Å². The van der Waals surface area contributed by atoms with E-state index in [0.29, 0.717) is 0 Å². The molecule has 0 aromatic heterocycles. The van der Waals surface area contributed by atoms with Crippen molar-refractivity contribution in [2.75, 3.05) is 0 Å². The molecule has 1 N–H and O–H groups in total. The van der Waals surface area contributed by atoms with Crippen LogP contribution in [0.25, 0.3) is 0 Å². The van der Waals surface area contributed by atoms with Crippen molar-refractivity contribution in [1.29, 1.82) is 0 Å². The molecular formula is C4H4F3NO2. The lowest BCUT2D eigenvalue weighted by molar-refractivity contribution is -0.163. The zero-order valence-electron chi connectivity index (χ0n) is 4.94. The van der Waals surface area contributed by atoms with Gasteiger partial charge >= 0.3 is 6.18 Å². The van der Waals surface area contributed by atoms with Gasteiger partial charge in [-0.2, -0.15) is 13.2 Å². The van der Waals surface area contributed by atoms with Crippen molar-refractivity contribution in [1.82, 2.24) is 0 Å². The second kappa shape index (κ2) is 2.68. The number of hydrogen-bond acceptors (Lipinski definition) is 3. The highest BCUT2D eigenvalue weighted by Gasteiger charge is 2.40. The predicted octanol–water partition coefficient (Wildman–Crippen LogP) is 0.968. The van der Waals surface area contributed by atoms with Crippen LogP contribution in [0.1, 0.15) is 6.92 Å². The van der Waals surface area contributed by atoms with E-state index in [0.717, 1.165) is 6.92 Å². The summed E-state index contributed by atoms with van der Waals surface area (Å²) in [4.78, 5) is 9.98. The first-order valence-electron chi connectivity index (χ1n) is 2.19. The summed E-state index contributed by atoms with van der Waals surface area (Å²) in [7, 11) is 0. The van der Waals surface area contributed by atoms with Gasteiger partial charge in [0.1, 0.15) is 5.71 Å². The van der Waals surface area contributed by atoms with Crippen LogP contribution in [-0.2, 0) is 4.79 Å². The van der Waals surface area contributed by atoms with Gasteiger partial charge in [-0.1, -0.05) is 5.16 Å². The monoisotopic (exact) mass is 155 g/mol. The average Bonchev–Trinajstić information content (AvgIpc) is 1.83. The van der Waals surface area contributed by atoms with Gasteiger partial charge in [-0.3, -0.25) is 4.79 Å². The van der Waals surface area contributed by atoms with Crippen LogP contribution in [0.3, 0.4) is 0 Å². The van der Waals surface area contributed by atoms with Crippen LogP contribution in [0.4, 0.5) is 13.2 Å². The number of oxime groups is 1. The predicted molar refractivity (Wildman–Crippen MR) is 26.0 cm³/mol. The Balaban J connectivity index is 4.39. The van der Waals surface area contributed by atoms with Gasteiger partial charge in [-0.05, 0) is 6.92 Å². The van der Waals surface area contributed by atoms with Gasteiger partial charge in [0.15, 0.2) is 0 Å². The lowest BCUT2D eigenvalue weighted by Crippen LogP contribution is -2.28. The number of alkyl halides is 3. The lowest BCUT2D eigenvalue weighted by Gasteiger charge is -2.01. The van der Waals surface area contributed by atoms with Gasteiger partial charge in [-0.25, -0.2) is 0 Å². The Morgan fingerprint density at radius 1 is 1.50 bits per heavy atom. The Morgan fingerprint density at radius 3 is 2.00 bits per heavy atom. The fraction of sp³-hybridized carbons (Fsp3) is 0.500. The summed E-state index contributed by atoms with van der Waals surface area (Å²) in [5.41, 5.74) is -0.965. The first kappa shape index (κ1) is 8.93. The van der Waals surface area contributed by atoms with Crippen molar-refractivity contribution >= 4 is 11.5 Å². The molecule has 0 heterocycles. The van der Waals surface area contributed by atoms with Crippen molar-refractivity contribution in [3.63, 3.8) is 0 Å². The average molecular weight is 155 g/mol. The summed E-state index contributed by atoms with van der Waals surface area (Å²) >= 11 is 0. The maximum Gasteiger partial charge on any atom is 0.456 e. The van der Waals surface area contributed by atoms with Crippen LogP contribution in [0.15, 0.2) is 5.16 Å². The molecule has 0 aliphatic rings. The molecule has 0 atom stereocenters. The van der Waals surface area contributed by atoms with E-state index in [-0.39, 0.29) is 0 Å². The zero-order chi connectivity index (χ0) is 8.36. The highest BCUT2D eigenvalue weighted by Crippen LogP contribution is 2.16. The summed E-state index contributed by atoms with van der Waals surface area (Å²) in [5.74, 6) is -2.13. The van der Waals surface area contributed by atoms with E-state index in [4.69, 9.17) is 5.21 Å². The molecule has 0 bridgehead atoms. The molecule has 0 amide bonds. The zero-order valence-corrected chi connectivity index (χ0v) is 4.94. The fourth-order valence-corrected chi connectivity index (χ4v) is 0.251. The molecule has 0 aromatic rings. The first-order chi connectivity index (χ1) is 4.39. The number of halogens is 3. The van der Waals surface area contributed by atoms with E-state index in [1.54, 1.807) is 0 Å². The van der Waals surface area contributed by atoms with Crippen LogP contribution in [-0.4, -0.2) is 22.9 Å². The van der Waals surface area contributed by atoms with Gasteiger partial charge in [0.05, 0.1) is 0 Å². The minimum atomic E-state index is -4.95. The third-order valence-electron chi connectivity index (χ3n) is 0.736. The topological polar surface area (TPSA) is 49.7 Å². The summed E-state index contributed by atoms with van der Waals surface area (Å²) in [6.45, 7) is 0.774. The lowest BCUT2D eigenvalue weighted by atomic mass is 10.3. The highest BCUT2D eigenvalue weighted by atomic mass is 19.4. The van der Waals surface area contributed by atoms with Gasteiger partial charge < -0.3 is 5.21 Å². The van der Waals surface area contributed by atoms with Crippen molar-refractivity contribution in [3.8, 4) is 0 Å². The molecular weight excluding hydrogens is 151 g/mol. The number of ketones is 1. The Labute approximate surface area is 54.1 Å². The molecule has 58 valence electrons. The number of carbonyl (C=O) groups is 1. The van der Waals surface area contributed by atoms with Crippen LogP contribution in [0.2, 0.25) is 0 Å².